The van der Waals surface area contributed by atoms with Crippen molar-refractivity contribution in [3.8, 4) is 0 Å². The van der Waals surface area contributed by atoms with Crippen molar-refractivity contribution in [3.05, 3.63) is 0 Å². The molecular formula is C10H21NO. The summed E-state index contributed by atoms with van der Waals surface area (Å²) in [5.74, 6) is 0.670. The maximum absolute atomic E-state index is 5.68. The van der Waals surface area contributed by atoms with Crippen molar-refractivity contribution in [1.82, 2.24) is 5.32 Å². The zero-order chi connectivity index (χ0) is 8.97. The molecule has 1 aliphatic rings. The Labute approximate surface area is 75.7 Å². The molecular weight excluding hydrogens is 150 g/mol. The molecule has 1 saturated carbocycles. The predicted octanol–water partition coefficient (Wildman–Crippen LogP) is 1.80. The van der Waals surface area contributed by atoms with E-state index in [-0.39, 0.29) is 0 Å². The number of hydrogen-bond acceptors (Lipinski definition) is 2. The second kappa shape index (κ2) is 4.83. The molecule has 0 bridgehead atoms. The predicted molar refractivity (Wildman–Crippen MR) is 51.3 cm³/mol. The largest absolute Gasteiger partial charge is 0.378 e. The molecule has 0 amide bonds. The molecule has 0 aromatic rings. The minimum atomic E-state index is 0.538. The smallest absolute Gasteiger partial charge is 0.0605 e. The van der Waals surface area contributed by atoms with Crippen molar-refractivity contribution < 1.29 is 4.74 Å². The topological polar surface area (TPSA) is 21.3 Å². The van der Waals surface area contributed by atoms with Crippen LogP contribution >= 0.6 is 0 Å². The molecule has 0 unspecified atom stereocenters. The average Bonchev–Trinajstić information content (AvgIpc) is 1.93. The molecule has 0 radical (unpaired) electrons. The highest BCUT2D eigenvalue weighted by molar-refractivity contribution is 4.85. The van der Waals surface area contributed by atoms with Crippen molar-refractivity contribution in [2.75, 3.05) is 13.2 Å². The Morgan fingerprint density at radius 2 is 2.08 bits per heavy atom. The van der Waals surface area contributed by atoms with Crippen LogP contribution in [0.25, 0.3) is 0 Å². The van der Waals surface area contributed by atoms with Crippen LogP contribution in [-0.4, -0.2) is 25.3 Å². The van der Waals surface area contributed by atoms with E-state index in [4.69, 9.17) is 4.74 Å². The van der Waals surface area contributed by atoms with E-state index < -0.39 is 0 Å². The fraction of sp³-hybridized carbons (Fsp3) is 1.00. The molecule has 1 rings (SSSR count). The summed E-state index contributed by atoms with van der Waals surface area (Å²) < 4.78 is 5.68. The zero-order valence-corrected chi connectivity index (χ0v) is 8.47. The van der Waals surface area contributed by atoms with E-state index in [2.05, 4.69) is 26.1 Å². The van der Waals surface area contributed by atoms with Crippen LogP contribution in [0, 0.1) is 5.92 Å². The SMILES string of the molecule is CCNC1CC(OCC(C)C)C1. The standard InChI is InChI=1S/C10H21NO/c1-4-11-9-5-10(6-9)12-7-8(2)3/h8-11H,4-7H2,1-3H3. The van der Waals surface area contributed by atoms with Crippen molar-refractivity contribution in [1.29, 1.82) is 0 Å². The van der Waals surface area contributed by atoms with Gasteiger partial charge in [-0.3, -0.25) is 0 Å². The third-order valence-electron chi connectivity index (χ3n) is 2.25. The van der Waals surface area contributed by atoms with Gasteiger partial charge in [-0.2, -0.15) is 0 Å². The summed E-state index contributed by atoms with van der Waals surface area (Å²) in [6, 6.07) is 0.729. The fourth-order valence-electron chi connectivity index (χ4n) is 1.49. The van der Waals surface area contributed by atoms with Gasteiger partial charge in [-0.25, -0.2) is 0 Å². The van der Waals surface area contributed by atoms with E-state index in [1.54, 1.807) is 0 Å². The van der Waals surface area contributed by atoms with Crippen molar-refractivity contribution in [2.45, 2.75) is 45.8 Å². The highest BCUT2D eigenvalue weighted by atomic mass is 16.5. The van der Waals surface area contributed by atoms with E-state index in [0.717, 1.165) is 19.2 Å². The average molecular weight is 171 g/mol. The minimum Gasteiger partial charge on any atom is -0.378 e. The van der Waals surface area contributed by atoms with Gasteiger partial charge in [0.2, 0.25) is 0 Å². The zero-order valence-electron chi connectivity index (χ0n) is 8.47. The van der Waals surface area contributed by atoms with E-state index in [0.29, 0.717) is 12.0 Å². The number of ether oxygens (including phenoxy) is 1. The minimum absolute atomic E-state index is 0.538. The molecule has 0 aromatic heterocycles. The molecule has 2 nitrogen and oxygen atoms in total. The van der Waals surface area contributed by atoms with Gasteiger partial charge < -0.3 is 10.1 Å². The second-order valence-corrected chi connectivity index (χ2v) is 4.08. The normalized spacial score (nSPS) is 29.0. The summed E-state index contributed by atoms with van der Waals surface area (Å²) in [4.78, 5) is 0. The summed E-state index contributed by atoms with van der Waals surface area (Å²) in [5.41, 5.74) is 0. The van der Waals surface area contributed by atoms with Crippen LogP contribution in [-0.2, 0) is 4.74 Å². The highest BCUT2D eigenvalue weighted by Crippen LogP contribution is 2.23. The van der Waals surface area contributed by atoms with E-state index >= 15 is 0 Å². The monoisotopic (exact) mass is 171 g/mol. The maximum Gasteiger partial charge on any atom is 0.0605 e. The molecule has 0 aromatic carbocycles. The van der Waals surface area contributed by atoms with Crippen LogP contribution in [0.4, 0.5) is 0 Å². The molecule has 0 saturated heterocycles. The Kier molecular flexibility index (Phi) is 4.02. The van der Waals surface area contributed by atoms with E-state index in [1.807, 2.05) is 0 Å². The molecule has 0 aliphatic heterocycles. The highest BCUT2D eigenvalue weighted by Gasteiger charge is 2.28. The lowest BCUT2D eigenvalue weighted by atomic mass is 9.89. The van der Waals surface area contributed by atoms with Crippen molar-refractivity contribution in [2.24, 2.45) is 5.92 Å². The molecule has 12 heavy (non-hydrogen) atoms. The van der Waals surface area contributed by atoms with Gasteiger partial charge in [0.25, 0.3) is 0 Å². The summed E-state index contributed by atoms with van der Waals surface area (Å²) in [7, 11) is 0. The van der Waals surface area contributed by atoms with Gasteiger partial charge in [0, 0.05) is 12.6 Å². The van der Waals surface area contributed by atoms with Crippen molar-refractivity contribution in [3.63, 3.8) is 0 Å². The Morgan fingerprint density at radius 3 is 2.58 bits per heavy atom. The number of rotatable bonds is 5. The van der Waals surface area contributed by atoms with Crippen LogP contribution in [0.2, 0.25) is 0 Å². The Bertz CT molecular complexity index is 119. The van der Waals surface area contributed by atoms with Crippen LogP contribution in [0.15, 0.2) is 0 Å². The molecule has 0 atom stereocenters. The molecule has 0 spiro atoms. The fourth-order valence-corrected chi connectivity index (χ4v) is 1.49. The lowest BCUT2D eigenvalue weighted by Gasteiger charge is -2.35. The Hall–Kier alpha value is -0.0800. The van der Waals surface area contributed by atoms with Crippen LogP contribution in [0.1, 0.15) is 33.6 Å². The molecule has 1 N–H and O–H groups in total. The third-order valence-corrected chi connectivity index (χ3v) is 2.25. The van der Waals surface area contributed by atoms with Crippen LogP contribution in [0.3, 0.4) is 0 Å². The number of nitrogens with one attached hydrogen (secondary N) is 1. The van der Waals surface area contributed by atoms with Crippen LogP contribution in [0.5, 0.6) is 0 Å². The molecule has 0 heterocycles. The van der Waals surface area contributed by atoms with Gasteiger partial charge in [0.05, 0.1) is 6.10 Å². The molecule has 1 fully saturated rings. The van der Waals surface area contributed by atoms with Gasteiger partial charge in [-0.1, -0.05) is 20.8 Å². The third kappa shape index (κ3) is 3.11. The summed E-state index contributed by atoms with van der Waals surface area (Å²) >= 11 is 0. The molecule has 72 valence electrons. The van der Waals surface area contributed by atoms with Gasteiger partial charge in [-0.05, 0) is 25.3 Å². The summed E-state index contributed by atoms with van der Waals surface area (Å²) in [5, 5.41) is 3.42. The summed E-state index contributed by atoms with van der Waals surface area (Å²) in [6.45, 7) is 8.55. The summed E-state index contributed by atoms with van der Waals surface area (Å²) in [6.07, 6.45) is 2.96. The van der Waals surface area contributed by atoms with Crippen LogP contribution < -0.4 is 5.32 Å². The lowest BCUT2D eigenvalue weighted by molar-refractivity contribution is -0.0273. The van der Waals surface area contributed by atoms with E-state index in [1.165, 1.54) is 12.8 Å². The first-order chi connectivity index (χ1) is 5.72. The second-order valence-electron chi connectivity index (χ2n) is 4.08. The first-order valence-corrected chi connectivity index (χ1v) is 5.07. The first kappa shape index (κ1) is 10.0. The molecule has 1 aliphatic carbocycles. The van der Waals surface area contributed by atoms with Gasteiger partial charge in [-0.15, -0.1) is 0 Å². The number of hydrogen-bond donors (Lipinski definition) is 1. The Morgan fingerprint density at radius 1 is 1.42 bits per heavy atom. The first-order valence-electron chi connectivity index (χ1n) is 5.07. The maximum atomic E-state index is 5.68. The molecule has 2 heteroatoms. The van der Waals surface area contributed by atoms with E-state index in [9.17, 15) is 0 Å². The van der Waals surface area contributed by atoms with Gasteiger partial charge in [0.1, 0.15) is 0 Å². The van der Waals surface area contributed by atoms with Crippen molar-refractivity contribution >= 4 is 0 Å². The Balaban J connectivity index is 1.95. The van der Waals surface area contributed by atoms with Gasteiger partial charge >= 0.3 is 0 Å². The lowest BCUT2D eigenvalue weighted by Crippen LogP contribution is -2.45. The van der Waals surface area contributed by atoms with Gasteiger partial charge in [0.15, 0.2) is 0 Å². The quantitative estimate of drug-likeness (QED) is 0.681.